The molecular weight excluding hydrogens is 410 g/mol. The largest absolute Gasteiger partial charge is 0.375 e. The first-order valence-electron chi connectivity index (χ1n) is 10.5. The Morgan fingerprint density at radius 2 is 2.00 bits per heavy atom. The summed E-state index contributed by atoms with van der Waals surface area (Å²) in [7, 11) is 3.29. The summed E-state index contributed by atoms with van der Waals surface area (Å²) >= 11 is 0. The predicted octanol–water partition coefficient (Wildman–Crippen LogP) is 1.54. The first-order valence-corrected chi connectivity index (χ1v) is 10.5. The summed E-state index contributed by atoms with van der Waals surface area (Å²) in [6, 6.07) is 9.05. The molecule has 2 aromatic heterocycles. The van der Waals surface area contributed by atoms with Crippen LogP contribution in [-0.2, 0) is 16.6 Å². The van der Waals surface area contributed by atoms with Crippen LogP contribution < -0.4 is 5.32 Å². The van der Waals surface area contributed by atoms with Crippen molar-refractivity contribution in [3.05, 3.63) is 53.1 Å². The monoisotopic (exact) mass is 437 g/mol. The highest BCUT2D eigenvalue weighted by Gasteiger charge is 2.40. The first-order chi connectivity index (χ1) is 15.4. The SMILES string of the molecule is COCC(=O)N[C@H]1C[C@@H](c2nc(-c3ccccc3)n[nH]2)N(C(=O)c2c(C)nn(C)c2C)C1. The third-order valence-corrected chi connectivity index (χ3v) is 5.78. The van der Waals surface area contributed by atoms with Crippen LogP contribution in [0.2, 0.25) is 0 Å². The minimum Gasteiger partial charge on any atom is -0.375 e. The number of H-pyrrole nitrogens is 1. The minimum atomic E-state index is -0.362. The molecule has 0 radical (unpaired) electrons. The second-order valence-corrected chi connectivity index (χ2v) is 7.99. The van der Waals surface area contributed by atoms with Crippen molar-refractivity contribution >= 4 is 11.8 Å². The molecule has 168 valence electrons. The highest BCUT2D eigenvalue weighted by atomic mass is 16.5. The maximum absolute atomic E-state index is 13.6. The molecule has 1 saturated heterocycles. The third kappa shape index (κ3) is 4.13. The number of aromatic nitrogens is 5. The van der Waals surface area contributed by atoms with Gasteiger partial charge in [-0.25, -0.2) is 4.98 Å². The molecule has 4 rings (SSSR count). The fourth-order valence-electron chi connectivity index (χ4n) is 4.19. The molecule has 2 atom stereocenters. The van der Waals surface area contributed by atoms with Crippen LogP contribution in [0.15, 0.2) is 30.3 Å². The average Bonchev–Trinajstić information content (AvgIpc) is 3.47. The van der Waals surface area contributed by atoms with Crippen LogP contribution >= 0.6 is 0 Å². The molecule has 1 aliphatic heterocycles. The highest BCUT2D eigenvalue weighted by Crippen LogP contribution is 2.33. The van der Waals surface area contributed by atoms with Crippen molar-refractivity contribution in [2.24, 2.45) is 7.05 Å². The van der Waals surface area contributed by atoms with Gasteiger partial charge >= 0.3 is 0 Å². The zero-order valence-electron chi connectivity index (χ0n) is 18.6. The zero-order chi connectivity index (χ0) is 22.8. The Labute approximate surface area is 186 Å². The van der Waals surface area contributed by atoms with Gasteiger partial charge in [0, 0.05) is 38.0 Å². The van der Waals surface area contributed by atoms with E-state index in [-0.39, 0.29) is 30.5 Å². The number of nitrogens with one attached hydrogen (secondary N) is 2. The number of hydrogen-bond donors (Lipinski definition) is 2. The second kappa shape index (κ2) is 8.91. The van der Waals surface area contributed by atoms with Gasteiger partial charge in [-0.05, 0) is 20.3 Å². The maximum Gasteiger partial charge on any atom is 0.258 e. The number of hydrogen-bond acceptors (Lipinski definition) is 6. The summed E-state index contributed by atoms with van der Waals surface area (Å²) in [5, 5.41) is 14.7. The molecule has 10 nitrogen and oxygen atoms in total. The van der Waals surface area contributed by atoms with Gasteiger partial charge in [0.25, 0.3) is 5.91 Å². The molecule has 2 N–H and O–H groups in total. The van der Waals surface area contributed by atoms with E-state index < -0.39 is 0 Å². The van der Waals surface area contributed by atoms with E-state index in [4.69, 9.17) is 4.74 Å². The van der Waals surface area contributed by atoms with Gasteiger partial charge in [-0.2, -0.15) is 10.2 Å². The molecule has 3 aromatic rings. The molecule has 1 aliphatic rings. The van der Waals surface area contributed by atoms with Gasteiger partial charge in [-0.15, -0.1) is 0 Å². The van der Waals surface area contributed by atoms with Crippen molar-refractivity contribution in [2.75, 3.05) is 20.3 Å². The molecular formula is C22H27N7O3. The van der Waals surface area contributed by atoms with Gasteiger partial charge < -0.3 is 15.0 Å². The summed E-state index contributed by atoms with van der Waals surface area (Å²) in [5.74, 6) is 0.787. The number of carbonyl (C=O) groups is 2. The quantitative estimate of drug-likeness (QED) is 0.604. The number of ether oxygens (including phenoxy) is 1. The second-order valence-electron chi connectivity index (χ2n) is 7.99. The normalized spacial score (nSPS) is 18.2. The Kier molecular flexibility index (Phi) is 6.04. The Balaban J connectivity index is 1.65. The molecule has 3 heterocycles. The Morgan fingerprint density at radius 1 is 1.25 bits per heavy atom. The molecule has 0 saturated carbocycles. The van der Waals surface area contributed by atoms with Crippen LogP contribution in [0.25, 0.3) is 11.4 Å². The van der Waals surface area contributed by atoms with E-state index in [0.29, 0.717) is 35.9 Å². The lowest BCUT2D eigenvalue weighted by Gasteiger charge is -2.23. The number of carbonyl (C=O) groups excluding carboxylic acids is 2. The van der Waals surface area contributed by atoms with E-state index in [1.54, 1.807) is 9.58 Å². The first kappa shape index (κ1) is 21.7. The Morgan fingerprint density at radius 3 is 2.66 bits per heavy atom. The fraction of sp³-hybridized carbons (Fsp3) is 0.409. The zero-order valence-corrected chi connectivity index (χ0v) is 18.6. The molecule has 32 heavy (non-hydrogen) atoms. The molecule has 0 unspecified atom stereocenters. The number of methoxy groups -OCH3 is 1. The lowest BCUT2D eigenvalue weighted by Crippen LogP contribution is -2.40. The average molecular weight is 438 g/mol. The van der Waals surface area contributed by atoms with E-state index >= 15 is 0 Å². The number of aryl methyl sites for hydroxylation is 2. The fourth-order valence-corrected chi connectivity index (χ4v) is 4.19. The summed E-state index contributed by atoms with van der Waals surface area (Å²) in [6.07, 6.45) is 0.517. The summed E-state index contributed by atoms with van der Waals surface area (Å²) in [4.78, 5) is 32.1. The molecule has 2 amide bonds. The summed E-state index contributed by atoms with van der Waals surface area (Å²) in [5.41, 5.74) is 2.92. The van der Waals surface area contributed by atoms with Crippen LogP contribution in [0, 0.1) is 13.8 Å². The van der Waals surface area contributed by atoms with Crippen LogP contribution in [0.5, 0.6) is 0 Å². The van der Waals surface area contributed by atoms with Gasteiger partial charge in [-0.1, -0.05) is 30.3 Å². The van der Waals surface area contributed by atoms with Crippen molar-refractivity contribution < 1.29 is 14.3 Å². The number of rotatable bonds is 6. The molecule has 0 bridgehead atoms. The smallest absolute Gasteiger partial charge is 0.258 e. The Hall–Kier alpha value is -3.53. The molecule has 10 heteroatoms. The van der Waals surface area contributed by atoms with Gasteiger partial charge in [0.2, 0.25) is 5.91 Å². The number of benzene rings is 1. The molecule has 1 fully saturated rings. The highest BCUT2D eigenvalue weighted by molar-refractivity contribution is 5.97. The van der Waals surface area contributed by atoms with Gasteiger partial charge in [0.05, 0.1) is 17.3 Å². The Bertz CT molecular complexity index is 1120. The lowest BCUT2D eigenvalue weighted by atomic mass is 10.1. The van der Waals surface area contributed by atoms with Crippen LogP contribution in [0.4, 0.5) is 0 Å². The predicted molar refractivity (Wildman–Crippen MR) is 117 cm³/mol. The van der Waals surface area contributed by atoms with E-state index in [1.165, 1.54) is 7.11 Å². The standard InChI is InChI=1S/C22H27N7O3/c1-13-19(14(2)28(3)27-13)22(31)29-11-16(23-18(30)12-32-4)10-17(29)21-24-20(25-26-21)15-8-6-5-7-9-15/h5-9,16-17H,10-12H2,1-4H3,(H,23,30)(H,24,25,26)/t16-,17-/m0/s1. The van der Waals surface area contributed by atoms with Crippen LogP contribution in [0.3, 0.4) is 0 Å². The lowest BCUT2D eigenvalue weighted by molar-refractivity contribution is -0.125. The van der Waals surface area contributed by atoms with Crippen molar-refractivity contribution in [3.63, 3.8) is 0 Å². The summed E-state index contributed by atoms with van der Waals surface area (Å²) < 4.78 is 6.63. The van der Waals surface area contributed by atoms with Crippen molar-refractivity contribution in [1.29, 1.82) is 0 Å². The maximum atomic E-state index is 13.6. The number of nitrogens with zero attached hydrogens (tertiary/aromatic N) is 5. The van der Waals surface area contributed by atoms with E-state index in [0.717, 1.165) is 11.3 Å². The topological polar surface area (TPSA) is 118 Å². The van der Waals surface area contributed by atoms with E-state index in [1.807, 2.05) is 51.2 Å². The van der Waals surface area contributed by atoms with Crippen LogP contribution in [-0.4, -0.2) is 68.0 Å². The molecule has 1 aromatic carbocycles. The van der Waals surface area contributed by atoms with Gasteiger partial charge in [0.1, 0.15) is 12.4 Å². The van der Waals surface area contributed by atoms with Crippen LogP contribution in [0.1, 0.15) is 40.0 Å². The van der Waals surface area contributed by atoms with Crippen molar-refractivity contribution in [3.8, 4) is 11.4 Å². The number of likely N-dealkylation sites (tertiary alicyclic amines) is 1. The van der Waals surface area contributed by atoms with E-state index in [9.17, 15) is 9.59 Å². The molecule has 0 spiro atoms. The number of aromatic amines is 1. The third-order valence-electron chi connectivity index (χ3n) is 5.78. The van der Waals surface area contributed by atoms with Crippen molar-refractivity contribution in [1.82, 2.24) is 35.2 Å². The van der Waals surface area contributed by atoms with Gasteiger partial charge in [-0.3, -0.25) is 19.4 Å². The number of amides is 2. The van der Waals surface area contributed by atoms with E-state index in [2.05, 4.69) is 25.6 Å². The molecule has 0 aliphatic carbocycles. The summed E-state index contributed by atoms with van der Waals surface area (Å²) in [6.45, 7) is 4.02. The minimum absolute atomic E-state index is 0.0314. The van der Waals surface area contributed by atoms with Gasteiger partial charge in [0.15, 0.2) is 5.82 Å². The van der Waals surface area contributed by atoms with Crippen molar-refractivity contribution in [2.45, 2.75) is 32.4 Å².